The number of carbonyl (C=O) groups is 3. The van der Waals surface area contributed by atoms with Gasteiger partial charge in [-0.15, -0.1) is 23.1 Å². The Morgan fingerprint density at radius 3 is 2.38 bits per heavy atom. The van der Waals surface area contributed by atoms with Crippen LogP contribution in [-0.2, 0) is 9.59 Å². The SMILES string of the molecule is Cc1ccc(NC(=O)C(C)Sc2cccc(NC(=O)/C(=C/c3cccs3)NC(=O)c3ccccc3)c2)cc1Cl. The number of hydrogen-bond acceptors (Lipinski definition) is 5. The van der Waals surface area contributed by atoms with Gasteiger partial charge in [-0.3, -0.25) is 14.4 Å². The highest BCUT2D eigenvalue weighted by Crippen LogP contribution is 2.28. The molecule has 0 aliphatic carbocycles. The molecule has 0 bridgehead atoms. The third kappa shape index (κ3) is 8.07. The van der Waals surface area contributed by atoms with E-state index in [0.717, 1.165) is 15.3 Å². The average Bonchev–Trinajstić information content (AvgIpc) is 3.44. The highest BCUT2D eigenvalue weighted by molar-refractivity contribution is 8.00. The Bertz CT molecular complexity index is 1510. The second-order valence-corrected chi connectivity index (χ2v) is 11.4. The lowest BCUT2D eigenvalue weighted by Gasteiger charge is -2.14. The third-order valence-corrected chi connectivity index (χ3v) is 7.89. The van der Waals surface area contributed by atoms with Crippen LogP contribution in [0.15, 0.2) is 101 Å². The molecule has 4 rings (SSSR count). The average molecular weight is 576 g/mol. The van der Waals surface area contributed by atoms with E-state index in [0.29, 0.717) is 22.0 Å². The molecule has 0 saturated heterocycles. The van der Waals surface area contributed by atoms with Gasteiger partial charge in [0.2, 0.25) is 5.91 Å². The van der Waals surface area contributed by atoms with E-state index >= 15 is 0 Å². The van der Waals surface area contributed by atoms with Crippen molar-refractivity contribution in [2.75, 3.05) is 10.6 Å². The maximum absolute atomic E-state index is 13.2. The molecule has 3 N–H and O–H groups in total. The largest absolute Gasteiger partial charge is 0.325 e. The Balaban J connectivity index is 1.44. The number of halogens is 1. The van der Waals surface area contributed by atoms with E-state index in [4.69, 9.17) is 11.6 Å². The molecule has 3 aromatic carbocycles. The first-order valence-electron chi connectivity index (χ1n) is 12.0. The van der Waals surface area contributed by atoms with Crippen molar-refractivity contribution < 1.29 is 14.4 Å². The van der Waals surface area contributed by atoms with E-state index in [9.17, 15) is 14.4 Å². The summed E-state index contributed by atoms with van der Waals surface area (Å²) in [5, 5.41) is 10.6. The molecule has 0 saturated carbocycles. The Kier molecular flexibility index (Phi) is 9.59. The van der Waals surface area contributed by atoms with Crippen LogP contribution in [0.5, 0.6) is 0 Å². The van der Waals surface area contributed by atoms with Gasteiger partial charge < -0.3 is 16.0 Å². The first-order chi connectivity index (χ1) is 18.8. The van der Waals surface area contributed by atoms with Crippen LogP contribution in [0.3, 0.4) is 0 Å². The smallest absolute Gasteiger partial charge is 0.272 e. The number of thioether (sulfide) groups is 1. The molecule has 6 nitrogen and oxygen atoms in total. The molecule has 1 aromatic heterocycles. The number of anilines is 2. The summed E-state index contributed by atoms with van der Waals surface area (Å²) in [7, 11) is 0. The van der Waals surface area contributed by atoms with Crippen LogP contribution in [-0.4, -0.2) is 23.0 Å². The summed E-state index contributed by atoms with van der Waals surface area (Å²) in [4.78, 5) is 40.4. The molecular formula is C30H26ClN3O3S2. The molecule has 1 heterocycles. The van der Waals surface area contributed by atoms with Crippen molar-refractivity contribution in [2.45, 2.75) is 24.0 Å². The van der Waals surface area contributed by atoms with Gasteiger partial charge >= 0.3 is 0 Å². The van der Waals surface area contributed by atoms with Gasteiger partial charge in [-0.1, -0.05) is 48.0 Å². The van der Waals surface area contributed by atoms with Crippen molar-refractivity contribution in [2.24, 2.45) is 0 Å². The molecule has 0 spiro atoms. The third-order valence-electron chi connectivity index (χ3n) is 5.57. The van der Waals surface area contributed by atoms with E-state index in [1.165, 1.54) is 23.1 Å². The molecule has 0 aliphatic heterocycles. The van der Waals surface area contributed by atoms with E-state index in [-0.39, 0.29) is 17.5 Å². The van der Waals surface area contributed by atoms with Gasteiger partial charge in [0.05, 0.1) is 5.25 Å². The maximum Gasteiger partial charge on any atom is 0.272 e. The van der Waals surface area contributed by atoms with E-state index in [1.54, 1.807) is 54.6 Å². The van der Waals surface area contributed by atoms with Crippen molar-refractivity contribution >= 4 is 69.9 Å². The Morgan fingerprint density at radius 1 is 0.897 bits per heavy atom. The van der Waals surface area contributed by atoms with Gasteiger partial charge in [0.1, 0.15) is 5.70 Å². The predicted molar refractivity (Wildman–Crippen MR) is 161 cm³/mol. The number of carbonyl (C=O) groups excluding carboxylic acids is 3. The molecule has 3 amide bonds. The number of thiophene rings is 1. The van der Waals surface area contributed by atoms with Gasteiger partial charge in [0.25, 0.3) is 11.8 Å². The van der Waals surface area contributed by atoms with Crippen LogP contribution >= 0.6 is 34.7 Å². The number of amides is 3. The fourth-order valence-electron chi connectivity index (χ4n) is 3.48. The summed E-state index contributed by atoms with van der Waals surface area (Å²) >= 11 is 8.98. The topological polar surface area (TPSA) is 87.3 Å². The minimum atomic E-state index is -0.461. The number of hydrogen-bond donors (Lipinski definition) is 3. The van der Waals surface area contributed by atoms with E-state index < -0.39 is 11.2 Å². The van der Waals surface area contributed by atoms with Crippen molar-refractivity contribution in [1.29, 1.82) is 0 Å². The number of benzene rings is 3. The maximum atomic E-state index is 13.2. The summed E-state index contributed by atoms with van der Waals surface area (Å²) in [6.45, 7) is 3.71. The van der Waals surface area contributed by atoms with Gasteiger partial charge in [-0.2, -0.15) is 0 Å². The Morgan fingerprint density at radius 2 is 1.67 bits per heavy atom. The molecule has 198 valence electrons. The molecule has 1 atom stereocenters. The summed E-state index contributed by atoms with van der Waals surface area (Å²) in [6.07, 6.45) is 1.64. The van der Waals surface area contributed by atoms with Crippen molar-refractivity contribution in [1.82, 2.24) is 5.32 Å². The second-order valence-electron chi connectivity index (χ2n) is 8.59. The molecule has 4 aromatic rings. The Hall–Kier alpha value is -3.85. The molecule has 0 fully saturated rings. The normalized spacial score (nSPS) is 11.9. The first kappa shape index (κ1) is 28.2. The molecule has 0 aliphatic rings. The molecule has 39 heavy (non-hydrogen) atoms. The zero-order valence-electron chi connectivity index (χ0n) is 21.2. The van der Waals surface area contributed by atoms with Gasteiger partial charge in [-0.25, -0.2) is 0 Å². The standard InChI is InChI=1S/C30H26ClN3O3S2/c1-19-13-14-23(17-26(19)31)32-28(35)20(2)39-25-11-6-10-22(16-25)33-30(37)27(18-24-12-7-15-38-24)34-29(36)21-8-4-3-5-9-21/h3-18,20H,1-2H3,(H,32,35)(H,33,37)(H,34,36)/b27-18-. The molecular weight excluding hydrogens is 550 g/mol. The highest BCUT2D eigenvalue weighted by Gasteiger charge is 2.18. The fourth-order valence-corrected chi connectivity index (χ4v) is 5.24. The van der Waals surface area contributed by atoms with Gasteiger partial charge in [-0.05, 0) is 79.4 Å². The lowest BCUT2D eigenvalue weighted by atomic mass is 10.2. The predicted octanol–water partition coefficient (Wildman–Crippen LogP) is 7.24. The molecule has 1 unspecified atom stereocenters. The fraction of sp³-hybridized carbons (Fsp3) is 0.100. The van der Waals surface area contributed by atoms with Gasteiger partial charge in [0.15, 0.2) is 0 Å². The quantitative estimate of drug-likeness (QED) is 0.145. The zero-order chi connectivity index (χ0) is 27.8. The van der Waals surface area contributed by atoms with Crippen molar-refractivity contribution in [3.8, 4) is 0 Å². The van der Waals surface area contributed by atoms with Crippen molar-refractivity contribution in [3.63, 3.8) is 0 Å². The van der Waals surface area contributed by atoms with Crippen LogP contribution in [0.25, 0.3) is 6.08 Å². The lowest BCUT2D eigenvalue weighted by Crippen LogP contribution is -2.30. The number of aryl methyl sites for hydroxylation is 1. The van der Waals surface area contributed by atoms with Crippen LogP contribution < -0.4 is 16.0 Å². The number of nitrogens with one attached hydrogen (secondary N) is 3. The van der Waals surface area contributed by atoms with E-state index in [1.807, 2.05) is 55.6 Å². The summed E-state index contributed by atoms with van der Waals surface area (Å²) in [5.74, 6) is -1.01. The van der Waals surface area contributed by atoms with E-state index in [2.05, 4.69) is 16.0 Å². The Labute approximate surface area is 240 Å². The zero-order valence-corrected chi connectivity index (χ0v) is 23.6. The molecule has 0 radical (unpaired) electrons. The van der Waals surface area contributed by atoms with Crippen LogP contribution in [0.2, 0.25) is 5.02 Å². The van der Waals surface area contributed by atoms with Crippen LogP contribution in [0.1, 0.15) is 27.7 Å². The minimum absolute atomic E-state index is 0.119. The lowest BCUT2D eigenvalue weighted by molar-refractivity contribution is -0.115. The number of rotatable bonds is 9. The second kappa shape index (κ2) is 13.3. The minimum Gasteiger partial charge on any atom is -0.325 e. The van der Waals surface area contributed by atoms with Crippen LogP contribution in [0, 0.1) is 6.92 Å². The molecule has 9 heteroatoms. The van der Waals surface area contributed by atoms with Crippen LogP contribution in [0.4, 0.5) is 11.4 Å². The van der Waals surface area contributed by atoms with Crippen molar-refractivity contribution in [3.05, 3.63) is 117 Å². The summed E-state index contributed by atoms with van der Waals surface area (Å²) in [6, 6.07) is 25.0. The first-order valence-corrected chi connectivity index (χ1v) is 14.2. The summed E-state index contributed by atoms with van der Waals surface area (Å²) < 4.78 is 0. The summed E-state index contributed by atoms with van der Waals surface area (Å²) in [5.41, 5.74) is 2.67. The van der Waals surface area contributed by atoms with Gasteiger partial charge in [0, 0.05) is 31.7 Å². The monoisotopic (exact) mass is 575 g/mol. The highest BCUT2D eigenvalue weighted by atomic mass is 35.5.